The second-order valence-corrected chi connectivity index (χ2v) is 7.27. The zero-order chi connectivity index (χ0) is 16.6. The number of nitrogens with zero attached hydrogens (tertiary/aromatic N) is 1. The van der Waals surface area contributed by atoms with Gasteiger partial charge in [-0.25, -0.2) is 4.79 Å². The number of aryl methyl sites for hydroxylation is 1. The highest BCUT2D eigenvalue weighted by Crippen LogP contribution is 2.41. The number of amides is 2. The largest absolute Gasteiger partial charge is 0.347 e. The number of urea groups is 1. The summed E-state index contributed by atoms with van der Waals surface area (Å²) < 4.78 is 11.5. The van der Waals surface area contributed by atoms with Crippen LogP contribution in [0.3, 0.4) is 0 Å². The van der Waals surface area contributed by atoms with E-state index in [1.165, 1.54) is 24.0 Å². The lowest BCUT2D eigenvalue weighted by Crippen LogP contribution is -2.51. The summed E-state index contributed by atoms with van der Waals surface area (Å²) in [6.45, 7) is 4.81. The van der Waals surface area contributed by atoms with Crippen LogP contribution in [-0.2, 0) is 9.47 Å². The summed E-state index contributed by atoms with van der Waals surface area (Å²) in [6, 6.07) is 8.70. The van der Waals surface area contributed by atoms with E-state index in [1.807, 2.05) is 4.90 Å². The molecule has 5 heteroatoms. The van der Waals surface area contributed by atoms with Gasteiger partial charge in [-0.3, -0.25) is 0 Å². The van der Waals surface area contributed by atoms with Crippen molar-refractivity contribution in [2.75, 3.05) is 26.3 Å². The molecule has 1 aliphatic carbocycles. The third-order valence-corrected chi connectivity index (χ3v) is 5.43. The number of nitrogens with one attached hydrogen (secondary N) is 1. The van der Waals surface area contributed by atoms with Gasteiger partial charge >= 0.3 is 6.03 Å². The fourth-order valence-corrected chi connectivity index (χ4v) is 3.74. The minimum absolute atomic E-state index is 0.0420. The van der Waals surface area contributed by atoms with Crippen molar-refractivity contribution < 1.29 is 14.3 Å². The van der Waals surface area contributed by atoms with E-state index in [1.54, 1.807) is 0 Å². The Balaban J connectivity index is 1.38. The first kappa shape index (κ1) is 15.9. The molecule has 24 heavy (non-hydrogen) atoms. The van der Waals surface area contributed by atoms with Gasteiger partial charge in [0.05, 0.1) is 19.3 Å². The second kappa shape index (κ2) is 6.37. The summed E-state index contributed by atoms with van der Waals surface area (Å²) >= 11 is 0. The average Bonchev–Trinajstić information content (AvgIpc) is 3.35. The molecule has 2 saturated heterocycles. The first-order valence-electron chi connectivity index (χ1n) is 9.05. The molecule has 1 aromatic carbocycles. The molecule has 1 atom stereocenters. The van der Waals surface area contributed by atoms with E-state index >= 15 is 0 Å². The minimum atomic E-state index is -0.427. The molecule has 0 bridgehead atoms. The number of hydrogen-bond acceptors (Lipinski definition) is 3. The second-order valence-electron chi connectivity index (χ2n) is 7.27. The van der Waals surface area contributed by atoms with Crippen LogP contribution in [-0.4, -0.2) is 43.0 Å². The number of ether oxygens (including phenoxy) is 2. The number of likely N-dealkylation sites (tertiary alicyclic amines) is 1. The van der Waals surface area contributed by atoms with E-state index < -0.39 is 5.79 Å². The van der Waals surface area contributed by atoms with Crippen molar-refractivity contribution in [3.63, 3.8) is 0 Å². The number of piperidine rings is 1. The Morgan fingerprint density at radius 1 is 1.17 bits per heavy atom. The fraction of sp³-hybridized carbons (Fsp3) is 0.632. The molecule has 0 aromatic heterocycles. The smallest absolute Gasteiger partial charge is 0.317 e. The molecule has 3 fully saturated rings. The van der Waals surface area contributed by atoms with Crippen molar-refractivity contribution >= 4 is 6.03 Å². The van der Waals surface area contributed by atoms with Crippen molar-refractivity contribution in [1.82, 2.24) is 10.2 Å². The summed E-state index contributed by atoms with van der Waals surface area (Å²) in [5.74, 6) is 0.151. The van der Waals surface area contributed by atoms with Gasteiger partial charge in [-0.2, -0.15) is 0 Å². The molecule has 1 saturated carbocycles. The van der Waals surface area contributed by atoms with Crippen LogP contribution in [0.5, 0.6) is 0 Å². The van der Waals surface area contributed by atoms with E-state index in [-0.39, 0.29) is 12.1 Å². The number of carbonyl (C=O) groups is 1. The van der Waals surface area contributed by atoms with Crippen LogP contribution in [0, 0.1) is 12.8 Å². The van der Waals surface area contributed by atoms with Gasteiger partial charge < -0.3 is 19.7 Å². The Morgan fingerprint density at radius 3 is 2.38 bits per heavy atom. The Morgan fingerprint density at radius 2 is 1.79 bits per heavy atom. The summed E-state index contributed by atoms with van der Waals surface area (Å²) in [5, 5.41) is 3.27. The standard InChI is InChI=1S/C19H26N2O3/c1-14-2-4-15(5-3-14)17(16-6-7-16)20-18(22)21-10-8-19(9-11-21)23-12-13-24-19/h2-5,16-17H,6-13H2,1H3,(H,20,22). The highest BCUT2D eigenvalue weighted by molar-refractivity contribution is 5.75. The molecule has 1 N–H and O–H groups in total. The van der Waals surface area contributed by atoms with Gasteiger partial charge in [-0.1, -0.05) is 29.8 Å². The van der Waals surface area contributed by atoms with Gasteiger partial charge in [0.15, 0.2) is 5.79 Å². The number of carbonyl (C=O) groups excluding carboxylic acids is 1. The van der Waals surface area contributed by atoms with E-state index in [2.05, 4.69) is 36.5 Å². The maximum Gasteiger partial charge on any atom is 0.317 e. The molecule has 2 heterocycles. The molecule has 1 spiro atoms. The highest BCUT2D eigenvalue weighted by atomic mass is 16.7. The summed E-state index contributed by atoms with van der Waals surface area (Å²) in [5.41, 5.74) is 2.46. The fourth-order valence-electron chi connectivity index (χ4n) is 3.74. The van der Waals surface area contributed by atoms with E-state index in [4.69, 9.17) is 9.47 Å². The minimum Gasteiger partial charge on any atom is -0.347 e. The maximum absolute atomic E-state index is 12.7. The van der Waals surface area contributed by atoms with Crippen molar-refractivity contribution in [2.24, 2.45) is 5.92 Å². The molecule has 2 aliphatic heterocycles. The predicted octanol–water partition coefficient (Wildman–Crippen LogP) is 2.99. The first-order chi connectivity index (χ1) is 11.7. The molecule has 1 aromatic rings. The highest BCUT2D eigenvalue weighted by Gasteiger charge is 2.41. The zero-order valence-electron chi connectivity index (χ0n) is 14.3. The van der Waals surface area contributed by atoms with Crippen molar-refractivity contribution in [1.29, 1.82) is 0 Å². The van der Waals surface area contributed by atoms with Gasteiger partial charge in [0.2, 0.25) is 0 Å². The normalized spacial score (nSPS) is 24.1. The molecule has 130 valence electrons. The summed E-state index contributed by atoms with van der Waals surface area (Å²) in [4.78, 5) is 14.6. The first-order valence-corrected chi connectivity index (χ1v) is 9.05. The molecular formula is C19H26N2O3. The van der Waals surface area contributed by atoms with Gasteiger partial charge in [0.25, 0.3) is 0 Å². The van der Waals surface area contributed by atoms with Crippen LogP contribution in [0.25, 0.3) is 0 Å². The van der Waals surface area contributed by atoms with Gasteiger partial charge in [0, 0.05) is 25.9 Å². The number of benzene rings is 1. The SMILES string of the molecule is Cc1ccc(C(NC(=O)N2CCC3(CC2)OCCO3)C2CC2)cc1. The Bertz CT molecular complexity index is 581. The summed E-state index contributed by atoms with van der Waals surface area (Å²) in [6.07, 6.45) is 3.92. The molecule has 4 rings (SSSR count). The third-order valence-electron chi connectivity index (χ3n) is 5.43. The summed E-state index contributed by atoms with van der Waals surface area (Å²) in [7, 11) is 0. The lowest BCUT2D eigenvalue weighted by Gasteiger charge is -2.38. The Kier molecular flexibility index (Phi) is 4.22. The molecule has 2 amide bonds. The Hall–Kier alpha value is -1.59. The van der Waals surface area contributed by atoms with Crippen molar-refractivity contribution in [2.45, 2.75) is 44.4 Å². The van der Waals surface area contributed by atoms with Gasteiger partial charge in [-0.05, 0) is 31.2 Å². The van der Waals surface area contributed by atoms with E-state index in [0.29, 0.717) is 32.2 Å². The molecule has 5 nitrogen and oxygen atoms in total. The number of hydrogen-bond donors (Lipinski definition) is 1. The maximum atomic E-state index is 12.7. The lowest BCUT2D eigenvalue weighted by molar-refractivity contribution is -0.181. The quantitative estimate of drug-likeness (QED) is 0.927. The lowest BCUT2D eigenvalue weighted by atomic mass is 10.0. The molecule has 1 unspecified atom stereocenters. The van der Waals surface area contributed by atoms with Crippen LogP contribution in [0.15, 0.2) is 24.3 Å². The predicted molar refractivity (Wildman–Crippen MR) is 90.6 cm³/mol. The van der Waals surface area contributed by atoms with Gasteiger partial charge in [0.1, 0.15) is 0 Å². The van der Waals surface area contributed by atoms with Crippen LogP contribution in [0.4, 0.5) is 4.79 Å². The topological polar surface area (TPSA) is 50.8 Å². The number of rotatable bonds is 3. The zero-order valence-corrected chi connectivity index (χ0v) is 14.3. The van der Waals surface area contributed by atoms with Crippen LogP contribution >= 0.6 is 0 Å². The molecule has 0 radical (unpaired) electrons. The monoisotopic (exact) mass is 330 g/mol. The van der Waals surface area contributed by atoms with Crippen LogP contribution in [0.2, 0.25) is 0 Å². The van der Waals surface area contributed by atoms with E-state index in [0.717, 1.165) is 12.8 Å². The third kappa shape index (κ3) is 3.28. The average molecular weight is 330 g/mol. The molecular weight excluding hydrogens is 304 g/mol. The Labute approximate surface area is 143 Å². The van der Waals surface area contributed by atoms with Crippen molar-refractivity contribution in [3.8, 4) is 0 Å². The van der Waals surface area contributed by atoms with Crippen molar-refractivity contribution in [3.05, 3.63) is 35.4 Å². The van der Waals surface area contributed by atoms with Crippen LogP contribution < -0.4 is 5.32 Å². The van der Waals surface area contributed by atoms with Gasteiger partial charge in [-0.15, -0.1) is 0 Å². The van der Waals surface area contributed by atoms with Crippen LogP contribution in [0.1, 0.15) is 42.9 Å². The van der Waals surface area contributed by atoms with E-state index in [9.17, 15) is 4.79 Å². The molecule has 3 aliphatic rings.